The van der Waals surface area contributed by atoms with Gasteiger partial charge in [0.2, 0.25) is 0 Å². The normalized spacial score (nSPS) is 10.8. The standard InChI is InChI=1S/C17H17N3O3S2.ClH/c1-12-2-7-16(21)13(10-12)11-19-14-3-5-15(6-4-14)25(22,23)20-17-18-8-9-24-17;/h2-10,19,21H,11H2,1H3,(H,18,20);1H. The lowest BCUT2D eigenvalue weighted by atomic mass is 10.1. The first-order valence-corrected chi connectivity index (χ1v) is 9.85. The monoisotopic (exact) mass is 411 g/mol. The van der Waals surface area contributed by atoms with Gasteiger partial charge >= 0.3 is 0 Å². The van der Waals surface area contributed by atoms with E-state index >= 15 is 0 Å². The zero-order valence-corrected chi connectivity index (χ0v) is 16.3. The first-order valence-electron chi connectivity index (χ1n) is 7.49. The van der Waals surface area contributed by atoms with Crippen LogP contribution in [0.5, 0.6) is 5.75 Å². The second kappa shape index (κ2) is 8.39. The van der Waals surface area contributed by atoms with Crippen LogP contribution in [-0.2, 0) is 16.6 Å². The number of phenols is 1. The van der Waals surface area contributed by atoms with Crippen molar-refractivity contribution in [1.82, 2.24) is 4.98 Å². The van der Waals surface area contributed by atoms with Gasteiger partial charge in [-0.1, -0.05) is 17.7 Å². The van der Waals surface area contributed by atoms with Gasteiger partial charge in [0.25, 0.3) is 10.0 Å². The Bertz CT molecular complexity index is 959. The molecule has 0 aliphatic heterocycles. The van der Waals surface area contributed by atoms with E-state index in [4.69, 9.17) is 0 Å². The molecule has 0 aliphatic rings. The van der Waals surface area contributed by atoms with Gasteiger partial charge in [-0.15, -0.1) is 23.7 Å². The van der Waals surface area contributed by atoms with E-state index in [2.05, 4.69) is 15.0 Å². The number of aryl methyl sites for hydroxylation is 1. The van der Waals surface area contributed by atoms with Crippen LogP contribution in [0.15, 0.2) is 58.9 Å². The van der Waals surface area contributed by atoms with E-state index in [1.54, 1.807) is 23.6 Å². The molecule has 0 amide bonds. The Hall–Kier alpha value is -2.29. The van der Waals surface area contributed by atoms with E-state index in [-0.39, 0.29) is 23.1 Å². The van der Waals surface area contributed by atoms with Gasteiger partial charge in [-0.25, -0.2) is 13.4 Å². The number of rotatable bonds is 6. The molecule has 0 saturated carbocycles. The van der Waals surface area contributed by atoms with Crippen LogP contribution in [0.4, 0.5) is 10.8 Å². The number of aromatic hydroxyl groups is 1. The number of nitrogens with zero attached hydrogens (tertiary/aromatic N) is 1. The molecule has 2 aromatic carbocycles. The third-order valence-corrected chi connectivity index (χ3v) is 5.71. The molecule has 0 spiro atoms. The molecule has 0 fully saturated rings. The van der Waals surface area contributed by atoms with Crippen molar-refractivity contribution < 1.29 is 13.5 Å². The molecule has 6 nitrogen and oxygen atoms in total. The smallest absolute Gasteiger partial charge is 0.263 e. The number of sulfonamides is 1. The van der Waals surface area contributed by atoms with Gasteiger partial charge in [-0.2, -0.15) is 0 Å². The highest BCUT2D eigenvalue weighted by Crippen LogP contribution is 2.22. The Kier molecular flexibility index (Phi) is 6.47. The lowest BCUT2D eigenvalue weighted by Gasteiger charge is -2.10. The highest BCUT2D eigenvalue weighted by atomic mass is 35.5. The van der Waals surface area contributed by atoms with Crippen molar-refractivity contribution in [2.24, 2.45) is 0 Å². The zero-order valence-electron chi connectivity index (χ0n) is 13.8. The topological polar surface area (TPSA) is 91.3 Å². The minimum atomic E-state index is -3.65. The summed E-state index contributed by atoms with van der Waals surface area (Å²) < 4.78 is 27.0. The average Bonchev–Trinajstić information content (AvgIpc) is 3.08. The maximum Gasteiger partial charge on any atom is 0.263 e. The Balaban J connectivity index is 0.00000243. The largest absolute Gasteiger partial charge is 0.508 e. The summed E-state index contributed by atoms with van der Waals surface area (Å²) in [4.78, 5) is 4.07. The molecule has 138 valence electrons. The summed E-state index contributed by atoms with van der Waals surface area (Å²) in [6.07, 6.45) is 1.54. The molecule has 1 heterocycles. The van der Waals surface area contributed by atoms with E-state index in [0.29, 0.717) is 11.7 Å². The molecule has 1 aromatic heterocycles. The summed E-state index contributed by atoms with van der Waals surface area (Å²) in [5, 5.41) is 15.1. The van der Waals surface area contributed by atoms with E-state index < -0.39 is 10.0 Å². The van der Waals surface area contributed by atoms with E-state index in [1.165, 1.54) is 29.7 Å². The lowest BCUT2D eigenvalue weighted by Crippen LogP contribution is -2.12. The van der Waals surface area contributed by atoms with Crippen LogP contribution >= 0.6 is 23.7 Å². The number of anilines is 2. The predicted octanol–water partition coefficient (Wildman–Crippen LogP) is 3.99. The van der Waals surface area contributed by atoms with Crippen molar-refractivity contribution >= 4 is 44.6 Å². The van der Waals surface area contributed by atoms with Crippen LogP contribution in [0, 0.1) is 6.92 Å². The predicted molar refractivity (Wildman–Crippen MR) is 107 cm³/mol. The quantitative estimate of drug-likeness (QED) is 0.570. The van der Waals surface area contributed by atoms with Crippen LogP contribution in [0.1, 0.15) is 11.1 Å². The molecule has 3 rings (SSSR count). The Labute approximate surface area is 162 Å². The number of phenolic OH excluding ortho intramolecular Hbond substituents is 1. The fourth-order valence-electron chi connectivity index (χ4n) is 2.25. The number of benzene rings is 2. The summed E-state index contributed by atoms with van der Waals surface area (Å²) in [5.41, 5.74) is 2.60. The van der Waals surface area contributed by atoms with Crippen molar-refractivity contribution in [2.75, 3.05) is 10.0 Å². The van der Waals surface area contributed by atoms with Crippen LogP contribution in [-0.4, -0.2) is 18.5 Å². The fourth-order valence-corrected chi connectivity index (χ4v) is 4.04. The second-order valence-corrected chi connectivity index (χ2v) is 8.03. The molecule has 0 atom stereocenters. The molecule has 9 heteroatoms. The lowest BCUT2D eigenvalue weighted by molar-refractivity contribution is 0.469. The molecule has 0 saturated heterocycles. The van der Waals surface area contributed by atoms with Gasteiger partial charge in [0.1, 0.15) is 5.75 Å². The van der Waals surface area contributed by atoms with Gasteiger partial charge in [-0.05, 0) is 37.3 Å². The Morgan fingerprint density at radius 2 is 1.88 bits per heavy atom. The Morgan fingerprint density at radius 1 is 1.15 bits per heavy atom. The SMILES string of the molecule is Cc1ccc(O)c(CNc2ccc(S(=O)(=O)Nc3nccs3)cc2)c1.Cl. The van der Waals surface area contributed by atoms with Crippen LogP contribution in [0.2, 0.25) is 0 Å². The highest BCUT2D eigenvalue weighted by Gasteiger charge is 2.15. The van der Waals surface area contributed by atoms with Gasteiger partial charge in [0, 0.05) is 29.4 Å². The minimum absolute atomic E-state index is 0. The number of halogens is 1. The molecule has 0 unspecified atom stereocenters. The molecule has 3 aromatic rings. The number of hydrogen-bond acceptors (Lipinski definition) is 6. The summed E-state index contributed by atoms with van der Waals surface area (Å²) in [6.45, 7) is 2.40. The molecule has 26 heavy (non-hydrogen) atoms. The molecular weight excluding hydrogens is 394 g/mol. The van der Waals surface area contributed by atoms with Crippen molar-refractivity contribution in [3.63, 3.8) is 0 Å². The Morgan fingerprint density at radius 3 is 2.54 bits per heavy atom. The van der Waals surface area contributed by atoms with Crippen molar-refractivity contribution in [1.29, 1.82) is 0 Å². The first kappa shape index (κ1) is 20.0. The molecular formula is C17H18ClN3O3S2. The zero-order chi connectivity index (χ0) is 17.9. The maximum atomic E-state index is 12.3. The molecule has 3 N–H and O–H groups in total. The maximum absolute atomic E-state index is 12.3. The summed E-state index contributed by atoms with van der Waals surface area (Å²) in [6, 6.07) is 11.8. The number of aromatic nitrogens is 1. The molecule has 0 radical (unpaired) electrons. The number of thiazole rings is 1. The van der Waals surface area contributed by atoms with Crippen LogP contribution in [0.3, 0.4) is 0 Å². The van der Waals surface area contributed by atoms with Gasteiger partial charge < -0.3 is 10.4 Å². The van der Waals surface area contributed by atoms with Gasteiger partial charge in [0.15, 0.2) is 5.13 Å². The first-order chi connectivity index (χ1) is 11.9. The highest BCUT2D eigenvalue weighted by molar-refractivity contribution is 7.93. The summed E-state index contributed by atoms with van der Waals surface area (Å²) >= 11 is 1.22. The van der Waals surface area contributed by atoms with Crippen molar-refractivity contribution in [3.05, 3.63) is 65.2 Å². The molecule has 0 bridgehead atoms. The number of hydrogen-bond donors (Lipinski definition) is 3. The fraction of sp³-hybridized carbons (Fsp3) is 0.118. The van der Waals surface area contributed by atoms with E-state index in [1.807, 2.05) is 19.1 Å². The van der Waals surface area contributed by atoms with E-state index in [0.717, 1.165) is 16.8 Å². The summed E-state index contributed by atoms with van der Waals surface area (Å²) in [5.74, 6) is 0.227. The van der Waals surface area contributed by atoms with Crippen LogP contribution in [0.25, 0.3) is 0 Å². The second-order valence-electron chi connectivity index (χ2n) is 5.45. The third-order valence-electron chi connectivity index (χ3n) is 3.54. The van der Waals surface area contributed by atoms with Gasteiger partial charge in [-0.3, -0.25) is 4.72 Å². The van der Waals surface area contributed by atoms with E-state index in [9.17, 15) is 13.5 Å². The third kappa shape index (κ3) is 4.87. The average molecular weight is 412 g/mol. The van der Waals surface area contributed by atoms with Crippen LogP contribution < -0.4 is 10.0 Å². The summed E-state index contributed by atoms with van der Waals surface area (Å²) in [7, 11) is -3.65. The van der Waals surface area contributed by atoms with Gasteiger partial charge in [0.05, 0.1) is 4.90 Å². The van der Waals surface area contributed by atoms with Crippen molar-refractivity contribution in [3.8, 4) is 5.75 Å². The number of nitrogens with one attached hydrogen (secondary N) is 2. The minimum Gasteiger partial charge on any atom is -0.508 e. The van der Waals surface area contributed by atoms with Crippen molar-refractivity contribution in [2.45, 2.75) is 18.4 Å². The molecule has 0 aliphatic carbocycles.